The first kappa shape index (κ1) is 12.5. The number of hydrogen-bond donors (Lipinski definition) is 0. The molecule has 0 aliphatic carbocycles. The molecule has 0 aliphatic rings. The molecule has 0 spiro atoms. The third-order valence-electron chi connectivity index (χ3n) is 2.58. The van der Waals surface area contributed by atoms with Gasteiger partial charge in [0.25, 0.3) is 0 Å². The summed E-state index contributed by atoms with van der Waals surface area (Å²) in [7, 11) is 0. The summed E-state index contributed by atoms with van der Waals surface area (Å²) in [6.45, 7) is 2.48. The Morgan fingerprint density at radius 1 is 1.17 bits per heavy atom. The third kappa shape index (κ3) is 3.03. The Morgan fingerprint density at radius 3 is 2.56 bits per heavy atom. The Balaban J connectivity index is 2.11. The zero-order valence-electron chi connectivity index (χ0n) is 9.98. The summed E-state index contributed by atoms with van der Waals surface area (Å²) in [5, 5.41) is 9.52. The van der Waals surface area contributed by atoms with E-state index in [1.54, 1.807) is 18.2 Å². The third-order valence-corrected chi connectivity index (χ3v) is 2.81. The normalized spacial score (nSPS) is 9.83. The predicted octanol–water partition coefficient (Wildman–Crippen LogP) is 4.10. The van der Waals surface area contributed by atoms with Crippen molar-refractivity contribution in [3.8, 4) is 11.8 Å². The van der Waals surface area contributed by atoms with Crippen LogP contribution in [-0.4, -0.2) is 0 Å². The van der Waals surface area contributed by atoms with E-state index in [0.29, 0.717) is 22.9 Å². The van der Waals surface area contributed by atoms with Crippen LogP contribution in [0.25, 0.3) is 0 Å². The first-order chi connectivity index (χ1) is 8.69. The molecule has 2 aromatic rings. The van der Waals surface area contributed by atoms with E-state index in [0.717, 1.165) is 5.56 Å². The molecule has 0 aliphatic heterocycles. The van der Waals surface area contributed by atoms with E-state index in [2.05, 4.69) is 6.07 Å². The summed E-state index contributed by atoms with van der Waals surface area (Å²) in [6, 6.07) is 15.2. The Bertz CT molecular complexity index is 584. The minimum absolute atomic E-state index is 0.441. The van der Waals surface area contributed by atoms with Crippen LogP contribution in [0.3, 0.4) is 0 Å². The number of hydrogen-bond acceptors (Lipinski definition) is 2. The van der Waals surface area contributed by atoms with Crippen molar-refractivity contribution in [2.75, 3.05) is 0 Å². The van der Waals surface area contributed by atoms with E-state index < -0.39 is 0 Å². The zero-order chi connectivity index (χ0) is 13.0. The van der Waals surface area contributed by atoms with Crippen LogP contribution in [0.5, 0.6) is 5.75 Å². The van der Waals surface area contributed by atoms with Gasteiger partial charge in [-0.2, -0.15) is 5.26 Å². The molecular weight excluding hydrogens is 246 g/mol. The van der Waals surface area contributed by atoms with Gasteiger partial charge in [0.2, 0.25) is 0 Å². The first-order valence-electron chi connectivity index (χ1n) is 5.57. The smallest absolute Gasteiger partial charge is 0.137 e. The van der Waals surface area contributed by atoms with Crippen LogP contribution in [0.15, 0.2) is 42.5 Å². The van der Waals surface area contributed by atoms with Crippen LogP contribution < -0.4 is 4.74 Å². The lowest BCUT2D eigenvalue weighted by molar-refractivity contribution is 0.305. The topological polar surface area (TPSA) is 33.0 Å². The number of rotatable bonds is 3. The SMILES string of the molecule is Cc1ccc(COc2ccc(Cl)cc2C#N)cc1. The molecule has 0 bridgehead atoms. The number of halogens is 1. The van der Waals surface area contributed by atoms with Crippen LogP contribution in [-0.2, 0) is 6.61 Å². The van der Waals surface area contributed by atoms with E-state index in [1.165, 1.54) is 5.56 Å². The van der Waals surface area contributed by atoms with E-state index in [9.17, 15) is 0 Å². The summed E-state index contributed by atoms with van der Waals surface area (Å²) in [6.07, 6.45) is 0. The van der Waals surface area contributed by atoms with Crippen molar-refractivity contribution in [2.45, 2.75) is 13.5 Å². The van der Waals surface area contributed by atoms with Crippen molar-refractivity contribution >= 4 is 11.6 Å². The average Bonchev–Trinajstić information content (AvgIpc) is 2.39. The minimum atomic E-state index is 0.441. The molecule has 2 aromatic carbocycles. The van der Waals surface area contributed by atoms with Gasteiger partial charge in [-0.1, -0.05) is 41.4 Å². The average molecular weight is 258 g/mol. The fraction of sp³-hybridized carbons (Fsp3) is 0.133. The van der Waals surface area contributed by atoms with Gasteiger partial charge in [-0.05, 0) is 30.7 Å². The lowest BCUT2D eigenvalue weighted by Crippen LogP contribution is -1.97. The van der Waals surface area contributed by atoms with Gasteiger partial charge in [0.1, 0.15) is 18.4 Å². The molecule has 0 unspecified atom stereocenters. The second-order valence-corrected chi connectivity index (χ2v) is 4.46. The molecule has 0 amide bonds. The number of ether oxygens (including phenoxy) is 1. The zero-order valence-corrected chi connectivity index (χ0v) is 10.7. The van der Waals surface area contributed by atoms with Gasteiger partial charge < -0.3 is 4.74 Å². The van der Waals surface area contributed by atoms with E-state index in [1.807, 2.05) is 31.2 Å². The maximum Gasteiger partial charge on any atom is 0.137 e. The van der Waals surface area contributed by atoms with Crippen LogP contribution in [0.2, 0.25) is 5.02 Å². The van der Waals surface area contributed by atoms with Gasteiger partial charge in [-0.15, -0.1) is 0 Å². The summed E-state index contributed by atoms with van der Waals surface area (Å²) >= 11 is 5.82. The molecule has 0 aromatic heterocycles. The highest BCUT2D eigenvalue weighted by Crippen LogP contribution is 2.23. The highest BCUT2D eigenvalue weighted by Gasteiger charge is 2.04. The van der Waals surface area contributed by atoms with E-state index in [-0.39, 0.29) is 0 Å². The second kappa shape index (κ2) is 5.57. The van der Waals surface area contributed by atoms with Crippen LogP contribution >= 0.6 is 11.6 Å². The molecule has 18 heavy (non-hydrogen) atoms. The van der Waals surface area contributed by atoms with Crippen molar-refractivity contribution in [3.63, 3.8) is 0 Å². The van der Waals surface area contributed by atoms with Crippen molar-refractivity contribution in [1.29, 1.82) is 5.26 Å². The number of aryl methyl sites for hydroxylation is 1. The molecule has 0 N–H and O–H groups in total. The van der Waals surface area contributed by atoms with Crippen molar-refractivity contribution < 1.29 is 4.74 Å². The standard InChI is InChI=1S/C15H12ClNO/c1-11-2-4-12(5-3-11)10-18-15-7-6-14(16)8-13(15)9-17/h2-8H,10H2,1H3. The Hall–Kier alpha value is -1.98. The van der Waals surface area contributed by atoms with Gasteiger partial charge in [0.15, 0.2) is 0 Å². The highest BCUT2D eigenvalue weighted by molar-refractivity contribution is 6.30. The molecule has 90 valence electrons. The fourth-order valence-corrected chi connectivity index (χ4v) is 1.73. The molecule has 0 saturated carbocycles. The summed E-state index contributed by atoms with van der Waals surface area (Å²) in [5.74, 6) is 0.558. The van der Waals surface area contributed by atoms with Gasteiger partial charge >= 0.3 is 0 Å². The molecule has 0 atom stereocenters. The highest BCUT2D eigenvalue weighted by atomic mass is 35.5. The van der Waals surface area contributed by atoms with Crippen molar-refractivity contribution in [3.05, 3.63) is 64.2 Å². The molecular formula is C15H12ClNO. The predicted molar refractivity (Wildman–Crippen MR) is 71.7 cm³/mol. The minimum Gasteiger partial charge on any atom is -0.488 e. The number of benzene rings is 2. The molecule has 2 nitrogen and oxygen atoms in total. The molecule has 0 radical (unpaired) electrons. The Kier molecular flexibility index (Phi) is 3.86. The largest absolute Gasteiger partial charge is 0.488 e. The molecule has 0 saturated heterocycles. The Morgan fingerprint density at radius 2 is 1.89 bits per heavy atom. The Labute approximate surface area is 111 Å². The molecule has 0 fully saturated rings. The van der Waals surface area contributed by atoms with Crippen molar-refractivity contribution in [1.82, 2.24) is 0 Å². The van der Waals surface area contributed by atoms with Crippen LogP contribution in [0.4, 0.5) is 0 Å². The van der Waals surface area contributed by atoms with Gasteiger partial charge in [-0.3, -0.25) is 0 Å². The number of nitrogens with zero attached hydrogens (tertiary/aromatic N) is 1. The fourth-order valence-electron chi connectivity index (χ4n) is 1.56. The molecule has 3 heteroatoms. The monoisotopic (exact) mass is 257 g/mol. The van der Waals surface area contributed by atoms with Gasteiger partial charge in [0, 0.05) is 5.02 Å². The van der Waals surface area contributed by atoms with E-state index in [4.69, 9.17) is 21.6 Å². The maximum absolute atomic E-state index is 8.99. The second-order valence-electron chi connectivity index (χ2n) is 4.03. The summed E-state index contributed by atoms with van der Waals surface area (Å²) in [5.41, 5.74) is 2.73. The molecule has 2 rings (SSSR count). The lowest BCUT2D eigenvalue weighted by atomic mass is 10.1. The lowest BCUT2D eigenvalue weighted by Gasteiger charge is -2.08. The maximum atomic E-state index is 8.99. The van der Waals surface area contributed by atoms with Crippen molar-refractivity contribution in [2.24, 2.45) is 0 Å². The summed E-state index contributed by atoms with van der Waals surface area (Å²) < 4.78 is 5.63. The van der Waals surface area contributed by atoms with Gasteiger partial charge in [0.05, 0.1) is 5.56 Å². The van der Waals surface area contributed by atoms with Crippen LogP contribution in [0, 0.1) is 18.3 Å². The van der Waals surface area contributed by atoms with E-state index >= 15 is 0 Å². The first-order valence-corrected chi connectivity index (χ1v) is 5.95. The van der Waals surface area contributed by atoms with Crippen LogP contribution in [0.1, 0.15) is 16.7 Å². The van der Waals surface area contributed by atoms with Gasteiger partial charge in [-0.25, -0.2) is 0 Å². The number of nitriles is 1. The summed E-state index contributed by atoms with van der Waals surface area (Å²) in [4.78, 5) is 0. The quantitative estimate of drug-likeness (QED) is 0.829. The molecule has 0 heterocycles.